The van der Waals surface area contributed by atoms with Crippen LogP contribution in [0.15, 0.2) is 18.2 Å². The highest BCUT2D eigenvalue weighted by molar-refractivity contribution is 5.89. The number of benzene rings is 1. The summed E-state index contributed by atoms with van der Waals surface area (Å²) in [7, 11) is 0. The Bertz CT molecular complexity index is 554. The predicted octanol–water partition coefficient (Wildman–Crippen LogP) is 3.31. The van der Waals surface area contributed by atoms with Crippen LogP contribution in [0.5, 0.6) is 0 Å². The van der Waals surface area contributed by atoms with Gasteiger partial charge in [0.2, 0.25) is 0 Å². The summed E-state index contributed by atoms with van der Waals surface area (Å²) in [6.45, 7) is 1.68. The number of carbonyl (C=O) groups is 1. The van der Waals surface area contributed by atoms with Gasteiger partial charge >= 0.3 is 6.18 Å². The normalized spacial score (nSPS) is 12.0. The van der Waals surface area contributed by atoms with Crippen LogP contribution in [-0.4, -0.2) is 11.3 Å². The van der Waals surface area contributed by atoms with Crippen LogP contribution in [0.1, 0.15) is 21.6 Å². The molecule has 5 heteroatoms. The summed E-state index contributed by atoms with van der Waals surface area (Å²) in [5.41, 5.74) is 0.638. The summed E-state index contributed by atoms with van der Waals surface area (Å²) in [5, 5.41) is 0.389. The molecule has 0 saturated carbocycles. The summed E-state index contributed by atoms with van der Waals surface area (Å²) in [4.78, 5) is 12.9. The minimum atomic E-state index is -4.39. The largest absolute Gasteiger partial charge is 0.431 e. The van der Waals surface area contributed by atoms with Gasteiger partial charge in [-0.3, -0.25) is 4.79 Å². The van der Waals surface area contributed by atoms with Gasteiger partial charge in [-0.25, -0.2) is 0 Å². The van der Waals surface area contributed by atoms with E-state index in [2.05, 4.69) is 4.98 Å². The molecule has 0 aliphatic rings. The number of hydrogen-bond acceptors (Lipinski definition) is 1. The summed E-state index contributed by atoms with van der Waals surface area (Å²) < 4.78 is 37.2. The van der Waals surface area contributed by atoms with E-state index < -0.39 is 11.9 Å². The minimum Gasteiger partial charge on any atom is -0.351 e. The van der Waals surface area contributed by atoms with Gasteiger partial charge in [0.15, 0.2) is 0 Å². The van der Waals surface area contributed by atoms with Crippen molar-refractivity contribution in [3.8, 4) is 0 Å². The second-order valence-corrected chi connectivity index (χ2v) is 3.59. The zero-order valence-electron chi connectivity index (χ0n) is 8.35. The number of hydrogen-bond donors (Lipinski definition) is 1. The second-order valence-electron chi connectivity index (χ2n) is 3.59. The molecular weight excluding hydrogens is 219 g/mol. The van der Waals surface area contributed by atoms with Crippen molar-refractivity contribution in [2.24, 2.45) is 0 Å². The quantitative estimate of drug-likeness (QED) is 0.745. The predicted molar refractivity (Wildman–Crippen MR) is 53.4 cm³/mol. The zero-order valence-corrected chi connectivity index (χ0v) is 8.35. The van der Waals surface area contributed by atoms with Crippen LogP contribution >= 0.6 is 0 Å². The Morgan fingerprint density at radius 3 is 2.50 bits per heavy atom. The molecule has 1 heterocycles. The lowest BCUT2D eigenvalue weighted by atomic mass is 10.1. The third-order valence-corrected chi connectivity index (χ3v) is 2.44. The number of fused-ring (bicyclic) bond motifs is 1. The van der Waals surface area contributed by atoms with Crippen molar-refractivity contribution < 1.29 is 18.0 Å². The van der Waals surface area contributed by atoms with Crippen molar-refractivity contribution >= 4 is 17.2 Å². The molecule has 84 valence electrons. The van der Waals surface area contributed by atoms with Crippen LogP contribution in [0, 0.1) is 6.92 Å². The molecule has 16 heavy (non-hydrogen) atoms. The van der Waals surface area contributed by atoms with Gasteiger partial charge < -0.3 is 4.98 Å². The van der Waals surface area contributed by atoms with Gasteiger partial charge in [0.1, 0.15) is 12.0 Å². The molecule has 0 amide bonds. The molecule has 1 aromatic heterocycles. The third-order valence-electron chi connectivity index (χ3n) is 2.44. The summed E-state index contributed by atoms with van der Waals surface area (Å²) in [6, 6.07) is 3.99. The Morgan fingerprint density at radius 2 is 1.94 bits per heavy atom. The maximum absolute atomic E-state index is 12.4. The van der Waals surface area contributed by atoms with Crippen LogP contribution in [0.25, 0.3) is 10.9 Å². The number of nitrogens with one attached hydrogen (secondary N) is 1. The first-order chi connectivity index (χ1) is 7.41. The summed E-state index contributed by atoms with van der Waals surface area (Å²) in [5.74, 6) is 0. The van der Waals surface area contributed by atoms with E-state index in [-0.39, 0.29) is 0 Å². The van der Waals surface area contributed by atoms with Gasteiger partial charge in [0, 0.05) is 16.5 Å². The van der Waals surface area contributed by atoms with E-state index in [0.29, 0.717) is 28.3 Å². The fourth-order valence-electron chi connectivity index (χ4n) is 1.59. The van der Waals surface area contributed by atoms with Gasteiger partial charge in [-0.15, -0.1) is 0 Å². The lowest BCUT2D eigenvalue weighted by molar-refractivity contribution is -0.140. The van der Waals surface area contributed by atoms with Crippen LogP contribution < -0.4 is 0 Å². The van der Waals surface area contributed by atoms with Gasteiger partial charge in [-0.1, -0.05) is 0 Å². The maximum Gasteiger partial charge on any atom is 0.431 e. The lowest BCUT2D eigenvalue weighted by Gasteiger charge is -2.00. The highest BCUT2D eigenvalue weighted by atomic mass is 19.4. The monoisotopic (exact) mass is 227 g/mol. The Kier molecular flexibility index (Phi) is 2.26. The average Bonchev–Trinajstić information content (AvgIpc) is 2.58. The lowest BCUT2D eigenvalue weighted by Crippen LogP contribution is -2.04. The van der Waals surface area contributed by atoms with Crippen molar-refractivity contribution in [3.05, 3.63) is 35.0 Å². The molecule has 0 atom stereocenters. The average molecular weight is 227 g/mol. The molecular formula is C11H8F3NO. The second kappa shape index (κ2) is 3.37. The minimum absolute atomic E-state index is 0.385. The van der Waals surface area contributed by atoms with Gasteiger partial charge in [-0.05, 0) is 30.7 Å². The smallest absolute Gasteiger partial charge is 0.351 e. The topological polar surface area (TPSA) is 32.9 Å². The highest BCUT2D eigenvalue weighted by Crippen LogP contribution is 2.31. The molecule has 0 spiro atoms. The van der Waals surface area contributed by atoms with Crippen LogP contribution in [-0.2, 0) is 6.18 Å². The molecule has 2 nitrogen and oxygen atoms in total. The first-order valence-corrected chi connectivity index (χ1v) is 4.57. The van der Waals surface area contributed by atoms with E-state index in [1.54, 1.807) is 6.92 Å². The number of H-pyrrole nitrogens is 1. The van der Waals surface area contributed by atoms with E-state index in [1.807, 2.05) is 0 Å². The van der Waals surface area contributed by atoms with Crippen molar-refractivity contribution in [1.82, 2.24) is 4.98 Å². The third kappa shape index (κ3) is 1.68. The number of aromatic nitrogens is 1. The number of carbonyl (C=O) groups excluding carboxylic acids is 1. The van der Waals surface area contributed by atoms with Crippen LogP contribution in [0.3, 0.4) is 0 Å². The molecule has 1 N–H and O–H groups in total. The molecule has 2 rings (SSSR count). The maximum atomic E-state index is 12.4. The molecule has 0 aliphatic carbocycles. The first kappa shape index (κ1) is 10.7. The van der Waals surface area contributed by atoms with E-state index in [1.165, 1.54) is 12.1 Å². The zero-order chi connectivity index (χ0) is 11.9. The number of alkyl halides is 3. The molecule has 1 aromatic carbocycles. The molecule has 0 saturated heterocycles. The van der Waals surface area contributed by atoms with Gasteiger partial charge in [0.05, 0.1) is 0 Å². The van der Waals surface area contributed by atoms with Gasteiger partial charge in [-0.2, -0.15) is 13.2 Å². The summed E-state index contributed by atoms with van der Waals surface area (Å²) in [6.07, 6.45) is -3.76. The van der Waals surface area contributed by atoms with E-state index in [4.69, 9.17) is 0 Å². The number of aromatic amines is 1. The molecule has 0 fully saturated rings. The standard InChI is InChI=1S/C11H8F3NO/c1-6-2-9-7(3-8(6)5-16)4-10(15-9)11(12,13)14/h2-5,15H,1H3. The Balaban J connectivity index is 2.67. The number of halogens is 3. The number of aldehydes is 1. The van der Waals surface area contributed by atoms with E-state index in [0.717, 1.165) is 6.07 Å². The van der Waals surface area contributed by atoms with Crippen LogP contribution in [0.4, 0.5) is 13.2 Å². The Hall–Kier alpha value is -1.78. The van der Waals surface area contributed by atoms with E-state index >= 15 is 0 Å². The molecule has 0 unspecified atom stereocenters. The van der Waals surface area contributed by atoms with Gasteiger partial charge in [0.25, 0.3) is 0 Å². The molecule has 2 aromatic rings. The fourth-order valence-corrected chi connectivity index (χ4v) is 1.59. The summed E-state index contributed by atoms with van der Waals surface area (Å²) >= 11 is 0. The Morgan fingerprint density at radius 1 is 1.25 bits per heavy atom. The van der Waals surface area contributed by atoms with Crippen molar-refractivity contribution in [2.75, 3.05) is 0 Å². The molecule has 0 bridgehead atoms. The first-order valence-electron chi connectivity index (χ1n) is 4.57. The van der Waals surface area contributed by atoms with Crippen molar-refractivity contribution in [3.63, 3.8) is 0 Å². The highest BCUT2D eigenvalue weighted by Gasteiger charge is 2.32. The SMILES string of the molecule is Cc1cc2[nH]c(C(F)(F)F)cc2cc1C=O. The molecule has 0 aliphatic heterocycles. The van der Waals surface area contributed by atoms with E-state index in [9.17, 15) is 18.0 Å². The van der Waals surface area contributed by atoms with Crippen molar-refractivity contribution in [1.29, 1.82) is 0 Å². The Labute approximate surface area is 89.1 Å². The van der Waals surface area contributed by atoms with Crippen LogP contribution in [0.2, 0.25) is 0 Å². The molecule has 0 radical (unpaired) electrons. The number of rotatable bonds is 1. The van der Waals surface area contributed by atoms with Crippen molar-refractivity contribution in [2.45, 2.75) is 13.1 Å². The fraction of sp³-hybridized carbons (Fsp3) is 0.182. The number of aryl methyl sites for hydroxylation is 1.